The van der Waals surface area contributed by atoms with Crippen molar-refractivity contribution in [2.75, 3.05) is 18.5 Å². The predicted molar refractivity (Wildman–Crippen MR) is 176 cm³/mol. The van der Waals surface area contributed by atoms with Gasteiger partial charge in [-0.25, -0.2) is 29.9 Å². The second-order valence-electron chi connectivity index (χ2n) is 9.90. The summed E-state index contributed by atoms with van der Waals surface area (Å²) in [5.74, 6) is 3.43. The fourth-order valence-electron chi connectivity index (χ4n) is 4.63. The van der Waals surface area contributed by atoms with Crippen molar-refractivity contribution in [1.29, 1.82) is 0 Å². The first kappa shape index (κ1) is 28.9. The van der Waals surface area contributed by atoms with Crippen LogP contribution < -0.4 is 14.8 Å². The number of aryl methyl sites for hydroxylation is 2. The molecule has 7 aromatic rings. The van der Waals surface area contributed by atoms with Crippen LogP contribution in [0.2, 0.25) is 5.15 Å². The van der Waals surface area contributed by atoms with Crippen LogP contribution in [0.1, 0.15) is 15.3 Å². The number of nitrogens with zero attached hydrogens (tertiary/aromatic N) is 8. The molecule has 0 saturated heterocycles. The minimum Gasteiger partial charge on any atom is -0.486 e. The van der Waals surface area contributed by atoms with E-state index in [4.69, 9.17) is 26.1 Å². The zero-order chi connectivity index (χ0) is 30.8. The minimum atomic E-state index is 0.458. The molecular formula is C31H24ClN9O2S2. The Morgan fingerprint density at radius 1 is 0.733 bits per heavy atom. The van der Waals surface area contributed by atoms with E-state index in [0.717, 1.165) is 48.2 Å². The molecule has 11 nitrogen and oxygen atoms in total. The molecule has 0 radical (unpaired) electrons. The van der Waals surface area contributed by atoms with Gasteiger partial charge in [0.05, 0.1) is 17.8 Å². The van der Waals surface area contributed by atoms with E-state index in [9.17, 15) is 0 Å². The summed E-state index contributed by atoms with van der Waals surface area (Å²) in [5, 5.41) is 5.80. The number of fused-ring (bicyclic) bond motifs is 3. The third-order valence-electron chi connectivity index (χ3n) is 6.64. The highest BCUT2D eigenvalue weighted by Gasteiger charge is 2.15. The topological polar surface area (TPSA) is 134 Å². The van der Waals surface area contributed by atoms with Gasteiger partial charge in [-0.05, 0) is 43.7 Å². The number of rotatable bonds is 5. The molecular weight excluding hydrogens is 630 g/mol. The fourth-order valence-corrected chi connectivity index (χ4v) is 6.66. The number of nitrogens with one attached hydrogen (secondary N) is 1. The Bertz CT molecular complexity index is 2130. The van der Waals surface area contributed by atoms with E-state index in [2.05, 4.69) is 53.2 Å². The Hall–Kier alpha value is -4.85. The number of thiophene rings is 2. The van der Waals surface area contributed by atoms with Crippen LogP contribution in [-0.4, -0.2) is 53.1 Å². The van der Waals surface area contributed by atoms with Gasteiger partial charge in [-0.15, -0.1) is 22.7 Å². The van der Waals surface area contributed by atoms with Crippen LogP contribution in [0.3, 0.4) is 0 Å². The molecule has 7 heterocycles. The number of ether oxygens (including phenoxy) is 2. The van der Waals surface area contributed by atoms with E-state index < -0.39 is 0 Å². The van der Waals surface area contributed by atoms with Crippen molar-refractivity contribution < 1.29 is 9.47 Å². The van der Waals surface area contributed by atoms with Gasteiger partial charge >= 0.3 is 0 Å². The number of anilines is 1. The second kappa shape index (κ2) is 12.6. The number of benzene rings is 1. The maximum atomic E-state index is 6.13. The zero-order valence-corrected chi connectivity index (χ0v) is 26.4. The SMILES string of the molecule is Cc1cc2c(Cl)nc(-c3cnccn3)nc2s1.Cc1cc2c(NCc3ccc4c(c3)OCCO4)nc(-c3cnccn3)nc2s1. The summed E-state index contributed by atoms with van der Waals surface area (Å²) in [4.78, 5) is 38.8. The molecule has 0 spiro atoms. The summed E-state index contributed by atoms with van der Waals surface area (Å²) in [6.07, 6.45) is 9.79. The van der Waals surface area contributed by atoms with E-state index in [1.165, 1.54) is 4.88 Å². The van der Waals surface area contributed by atoms with Crippen molar-refractivity contribution >= 4 is 60.5 Å². The lowest BCUT2D eigenvalue weighted by Crippen LogP contribution is -2.15. The summed E-state index contributed by atoms with van der Waals surface area (Å²) >= 11 is 9.36. The molecule has 0 aliphatic carbocycles. The third kappa shape index (κ3) is 6.36. The Kier molecular flexibility index (Phi) is 8.11. The normalized spacial score (nSPS) is 12.2. The van der Waals surface area contributed by atoms with E-state index in [0.29, 0.717) is 47.9 Å². The molecule has 0 atom stereocenters. The predicted octanol–water partition coefficient (Wildman–Crippen LogP) is 6.95. The van der Waals surface area contributed by atoms with Crippen molar-refractivity contribution in [3.05, 3.63) is 88.0 Å². The summed E-state index contributed by atoms with van der Waals surface area (Å²) in [6.45, 7) is 5.86. The first-order chi connectivity index (χ1) is 22.0. The van der Waals surface area contributed by atoms with Gasteiger partial charge in [-0.2, -0.15) is 0 Å². The minimum absolute atomic E-state index is 0.458. The molecule has 224 valence electrons. The van der Waals surface area contributed by atoms with Gasteiger partial charge in [0.1, 0.15) is 45.2 Å². The molecule has 0 fully saturated rings. The fraction of sp³-hybridized carbons (Fsp3) is 0.161. The smallest absolute Gasteiger partial charge is 0.183 e. The van der Waals surface area contributed by atoms with E-state index in [-0.39, 0.29) is 0 Å². The number of hydrogen-bond donors (Lipinski definition) is 1. The molecule has 0 bridgehead atoms. The number of hydrogen-bond acceptors (Lipinski definition) is 13. The Labute approximate surface area is 270 Å². The van der Waals surface area contributed by atoms with Crippen LogP contribution >= 0.6 is 34.3 Å². The van der Waals surface area contributed by atoms with Crippen LogP contribution in [0.4, 0.5) is 5.82 Å². The van der Waals surface area contributed by atoms with E-state index >= 15 is 0 Å². The molecule has 45 heavy (non-hydrogen) atoms. The van der Waals surface area contributed by atoms with Crippen molar-refractivity contribution in [2.45, 2.75) is 20.4 Å². The van der Waals surface area contributed by atoms with Crippen molar-refractivity contribution in [2.24, 2.45) is 0 Å². The highest BCUT2D eigenvalue weighted by atomic mass is 35.5. The Morgan fingerprint density at radius 2 is 1.36 bits per heavy atom. The van der Waals surface area contributed by atoms with E-state index in [1.54, 1.807) is 59.9 Å². The van der Waals surface area contributed by atoms with Gasteiger partial charge in [0.2, 0.25) is 0 Å². The molecule has 1 aromatic carbocycles. The lowest BCUT2D eigenvalue weighted by molar-refractivity contribution is 0.171. The molecule has 1 aliphatic heterocycles. The molecule has 6 aromatic heterocycles. The van der Waals surface area contributed by atoms with Crippen LogP contribution in [0.15, 0.2) is 67.5 Å². The molecule has 0 saturated carbocycles. The molecule has 0 unspecified atom stereocenters. The molecule has 8 rings (SSSR count). The highest BCUT2D eigenvalue weighted by molar-refractivity contribution is 7.19. The van der Waals surface area contributed by atoms with Gasteiger partial charge in [0, 0.05) is 46.5 Å². The van der Waals surface area contributed by atoms with Gasteiger partial charge < -0.3 is 14.8 Å². The van der Waals surface area contributed by atoms with Gasteiger partial charge in [-0.1, -0.05) is 17.7 Å². The standard InChI is InChI=1S/C20H17N5O2S.C11H7ClN4S/c1-12-8-14-18(23-10-13-2-3-16-17(9-13)27-7-6-26-16)24-19(25-20(14)28-12)15-11-21-4-5-22-15;1-6-4-7-9(12)15-10(16-11(7)17-6)8-5-13-2-3-14-8/h2-5,8-9,11H,6-7,10H2,1H3,(H,23,24,25);2-5H,1H3. The summed E-state index contributed by atoms with van der Waals surface area (Å²) < 4.78 is 11.3. The monoisotopic (exact) mass is 653 g/mol. The van der Waals surface area contributed by atoms with Gasteiger partial charge in [0.15, 0.2) is 23.1 Å². The lowest BCUT2D eigenvalue weighted by atomic mass is 10.2. The number of aromatic nitrogens is 8. The molecule has 14 heteroatoms. The van der Waals surface area contributed by atoms with Crippen molar-refractivity contribution in [3.8, 4) is 34.5 Å². The highest BCUT2D eigenvalue weighted by Crippen LogP contribution is 2.33. The van der Waals surface area contributed by atoms with Crippen molar-refractivity contribution in [3.63, 3.8) is 0 Å². The second-order valence-corrected chi connectivity index (χ2v) is 12.7. The first-order valence-electron chi connectivity index (χ1n) is 13.9. The summed E-state index contributed by atoms with van der Waals surface area (Å²) in [6, 6.07) is 10.1. The quantitative estimate of drug-likeness (QED) is 0.193. The van der Waals surface area contributed by atoms with Crippen molar-refractivity contribution in [1.82, 2.24) is 39.9 Å². The van der Waals surface area contributed by atoms with Crippen LogP contribution in [-0.2, 0) is 6.54 Å². The van der Waals surface area contributed by atoms with Gasteiger partial charge in [0.25, 0.3) is 0 Å². The van der Waals surface area contributed by atoms with E-state index in [1.807, 2.05) is 31.2 Å². The average molecular weight is 654 g/mol. The summed E-state index contributed by atoms with van der Waals surface area (Å²) in [7, 11) is 0. The van der Waals surface area contributed by atoms with Crippen LogP contribution in [0.5, 0.6) is 11.5 Å². The Balaban J connectivity index is 0.000000163. The molecule has 1 aliphatic rings. The largest absolute Gasteiger partial charge is 0.486 e. The van der Waals surface area contributed by atoms with Crippen LogP contribution in [0, 0.1) is 13.8 Å². The average Bonchev–Trinajstić information content (AvgIpc) is 3.65. The zero-order valence-electron chi connectivity index (χ0n) is 24.1. The first-order valence-corrected chi connectivity index (χ1v) is 15.9. The third-order valence-corrected chi connectivity index (χ3v) is 8.81. The number of halogens is 1. The van der Waals surface area contributed by atoms with Gasteiger partial charge in [-0.3, -0.25) is 9.97 Å². The molecule has 0 amide bonds. The lowest BCUT2D eigenvalue weighted by Gasteiger charge is -2.19. The maximum Gasteiger partial charge on any atom is 0.183 e. The molecule has 1 N–H and O–H groups in total. The maximum absolute atomic E-state index is 6.13. The Morgan fingerprint density at radius 3 is 2.02 bits per heavy atom. The summed E-state index contributed by atoms with van der Waals surface area (Å²) in [5.41, 5.74) is 2.37. The van der Waals surface area contributed by atoms with Crippen LogP contribution in [0.25, 0.3) is 43.5 Å².